The molecule has 0 aliphatic carbocycles. The van der Waals surface area contributed by atoms with Crippen LogP contribution in [0.25, 0.3) is 0 Å². The summed E-state index contributed by atoms with van der Waals surface area (Å²) in [5.41, 5.74) is 2.58. The first-order chi connectivity index (χ1) is 10.6. The lowest BCUT2D eigenvalue weighted by atomic mass is 10.1. The normalized spacial score (nSPS) is 10.5. The van der Waals surface area contributed by atoms with Crippen molar-refractivity contribution in [1.29, 1.82) is 0 Å². The molecule has 0 heterocycles. The van der Waals surface area contributed by atoms with E-state index >= 15 is 0 Å². The highest BCUT2D eigenvalue weighted by atomic mass is 32.2. The summed E-state index contributed by atoms with van der Waals surface area (Å²) in [6, 6.07) is 15.2. The van der Waals surface area contributed by atoms with Crippen LogP contribution in [-0.2, 0) is 5.75 Å². The van der Waals surface area contributed by atoms with Crippen molar-refractivity contribution in [3.8, 4) is 5.75 Å². The van der Waals surface area contributed by atoms with E-state index in [-0.39, 0.29) is 12.0 Å². The zero-order chi connectivity index (χ0) is 15.9. The predicted molar refractivity (Wildman–Crippen MR) is 93.8 cm³/mol. The number of carbonyl (C=O) groups is 1. The Morgan fingerprint density at radius 1 is 1.14 bits per heavy atom. The van der Waals surface area contributed by atoms with Gasteiger partial charge < -0.3 is 10.1 Å². The van der Waals surface area contributed by atoms with E-state index in [1.54, 1.807) is 17.8 Å². The van der Waals surface area contributed by atoms with Crippen LogP contribution in [0.5, 0.6) is 5.75 Å². The lowest BCUT2D eigenvalue weighted by Crippen LogP contribution is -2.15. The predicted octanol–water partition coefficient (Wildman–Crippen LogP) is 4.59. The maximum absolute atomic E-state index is 12.4. The number of benzene rings is 2. The second-order valence-electron chi connectivity index (χ2n) is 5.25. The molecule has 0 spiro atoms. The highest BCUT2D eigenvalue weighted by Gasteiger charge is 2.13. The van der Waals surface area contributed by atoms with E-state index in [0.717, 1.165) is 11.4 Å². The molecule has 2 aromatic rings. The number of rotatable bonds is 6. The first kappa shape index (κ1) is 16.4. The van der Waals surface area contributed by atoms with E-state index in [9.17, 15) is 4.79 Å². The zero-order valence-corrected chi connectivity index (χ0v) is 13.9. The maximum Gasteiger partial charge on any atom is 0.259 e. The molecule has 1 N–H and O–H groups in total. The number of anilines is 1. The van der Waals surface area contributed by atoms with E-state index in [0.29, 0.717) is 11.3 Å². The second kappa shape index (κ2) is 7.90. The van der Waals surface area contributed by atoms with Crippen LogP contribution in [-0.4, -0.2) is 18.3 Å². The Bertz CT molecular complexity index is 623. The maximum atomic E-state index is 12.4. The summed E-state index contributed by atoms with van der Waals surface area (Å²) >= 11 is 1.78. The Morgan fingerprint density at radius 2 is 1.82 bits per heavy atom. The molecule has 4 heteroatoms. The van der Waals surface area contributed by atoms with Gasteiger partial charge in [-0.15, -0.1) is 0 Å². The van der Waals surface area contributed by atoms with Gasteiger partial charge in [-0.25, -0.2) is 0 Å². The van der Waals surface area contributed by atoms with Gasteiger partial charge in [0.2, 0.25) is 0 Å². The number of amides is 1. The fourth-order valence-electron chi connectivity index (χ4n) is 2.06. The number of nitrogens with one attached hydrogen (secondary N) is 1. The van der Waals surface area contributed by atoms with E-state index in [1.165, 1.54) is 5.56 Å². The number of thioether (sulfide) groups is 1. The average Bonchev–Trinajstić information content (AvgIpc) is 2.49. The molecule has 0 saturated heterocycles. The number of para-hydroxylation sites is 1. The van der Waals surface area contributed by atoms with Crippen molar-refractivity contribution in [3.63, 3.8) is 0 Å². The van der Waals surface area contributed by atoms with Gasteiger partial charge in [-0.1, -0.05) is 24.3 Å². The standard InChI is InChI=1S/C18H21NO2S/c1-13(2)21-17-7-5-4-6-16(17)18(20)19-15-10-8-14(9-11-15)12-22-3/h4-11,13H,12H2,1-3H3,(H,19,20). The molecule has 116 valence electrons. The quantitative estimate of drug-likeness (QED) is 0.847. The largest absolute Gasteiger partial charge is 0.490 e. The van der Waals surface area contributed by atoms with Gasteiger partial charge in [0.05, 0.1) is 11.7 Å². The van der Waals surface area contributed by atoms with Crippen molar-refractivity contribution in [3.05, 3.63) is 59.7 Å². The zero-order valence-electron chi connectivity index (χ0n) is 13.1. The second-order valence-corrected chi connectivity index (χ2v) is 6.11. The Kier molecular flexibility index (Phi) is 5.90. The minimum Gasteiger partial charge on any atom is -0.490 e. The molecule has 0 aromatic heterocycles. The molecule has 22 heavy (non-hydrogen) atoms. The van der Waals surface area contributed by atoms with E-state index in [1.807, 2.05) is 56.3 Å². The Morgan fingerprint density at radius 3 is 2.45 bits per heavy atom. The summed E-state index contributed by atoms with van der Waals surface area (Å²) in [7, 11) is 0. The number of hydrogen-bond donors (Lipinski definition) is 1. The Labute approximate surface area is 136 Å². The van der Waals surface area contributed by atoms with Crippen LogP contribution >= 0.6 is 11.8 Å². The third-order valence-corrected chi connectivity index (χ3v) is 3.64. The molecule has 0 fully saturated rings. The third-order valence-electron chi connectivity index (χ3n) is 3.02. The molecule has 0 aliphatic heterocycles. The molecule has 0 bridgehead atoms. The topological polar surface area (TPSA) is 38.3 Å². The lowest BCUT2D eigenvalue weighted by Gasteiger charge is -2.14. The van der Waals surface area contributed by atoms with Gasteiger partial charge in [-0.3, -0.25) is 4.79 Å². The van der Waals surface area contributed by atoms with E-state index < -0.39 is 0 Å². The molecular weight excluding hydrogens is 294 g/mol. The van der Waals surface area contributed by atoms with Crippen LogP contribution in [0.15, 0.2) is 48.5 Å². The molecule has 0 unspecified atom stereocenters. The van der Waals surface area contributed by atoms with E-state index in [4.69, 9.17) is 4.74 Å². The molecule has 0 aliphatic rings. The van der Waals surface area contributed by atoms with Gasteiger partial charge in [0.15, 0.2) is 0 Å². The Hall–Kier alpha value is -1.94. The summed E-state index contributed by atoms with van der Waals surface area (Å²) in [6.45, 7) is 3.89. The fraction of sp³-hybridized carbons (Fsp3) is 0.278. The Balaban J connectivity index is 2.12. The lowest BCUT2D eigenvalue weighted by molar-refractivity contribution is 0.102. The molecule has 1 amide bonds. The summed E-state index contributed by atoms with van der Waals surface area (Å²) in [6.07, 6.45) is 2.10. The van der Waals surface area contributed by atoms with Gasteiger partial charge in [-0.05, 0) is 49.9 Å². The first-order valence-electron chi connectivity index (χ1n) is 7.25. The fourth-order valence-corrected chi connectivity index (χ4v) is 2.59. The third kappa shape index (κ3) is 4.53. The molecule has 2 rings (SSSR count). The van der Waals surface area contributed by atoms with Crippen LogP contribution in [0.3, 0.4) is 0 Å². The van der Waals surface area contributed by atoms with Crippen molar-refractivity contribution in [2.75, 3.05) is 11.6 Å². The minimum absolute atomic E-state index is 0.0276. The van der Waals surface area contributed by atoms with Crippen LogP contribution in [0.2, 0.25) is 0 Å². The molecule has 0 saturated carbocycles. The molecule has 0 radical (unpaired) electrons. The van der Waals surface area contributed by atoms with Crippen LogP contribution < -0.4 is 10.1 Å². The van der Waals surface area contributed by atoms with Gasteiger partial charge in [0.25, 0.3) is 5.91 Å². The van der Waals surface area contributed by atoms with Crippen molar-refractivity contribution < 1.29 is 9.53 Å². The van der Waals surface area contributed by atoms with Crippen molar-refractivity contribution in [2.45, 2.75) is 25.7 Å². The molecule has 2 aromatic carbocycles. The van der Waals surface area contributed by atoms with Crippen molar-refractivity contribution >= 4 is 23.4 Å². The average molecular weight is 315 g/mol. The van der Waals surface area contributed by atoms with Gasteiger partial charge >= 0.3 is 0 Å². The van der Waals surface area contributed by atoms with Crippen LogP contribution in [0, 0.1) is 0 Å². The van der Waals surface area contributed by atoms with Crippen LogP contribution in [0.1, 0.15) is 29.8 Å². The van der Waals surface area contributed by atoms with Gasteiger partial charge in [-0.2, -0.15) is 11.8 Å². The minimum atomic E-state index is -0.158. The van der Waals surface area contributed by atoms with Crippen molar-refractivity contribution in [2.24, 2.45) is 0 Å². The number of ether oxygens (including phenoxy) is 1. The van der Waals surface area contributed by atoms with Crippen molar-refractivity contribution in [1.82, 2.24) is 0 Å². The monoisotopic (exact) mass is 315 g/mol. The van der Waals surface area contributed by atoms with Crippen LogP contribution in [0.4, 0.5) is 5.69 Å². The van der Waals surface area contributed by atoms with E-state index in [2.05, 4.69) is 11.6 Å². The summed E-state index contributed by atoms with van der Waals surface area (Å²) in [4.78, 5) is 12.4. The summed E-state index contributed by atoms with van der Waals surface area (Å²) in [5, 5.41) is 2.92. The SMILES string of the molecule is CSCc1ccc(NC(=O)c2ccccc2OC(C)C)cc1. The summed E-state index contributed by atoms with van der Waals surface area (Å²) < 4.78 is 5.69. The molecule has 0 atom stereocenters. The smallest absolute Gasteiger partial charge is 0.259 e. The number of hydrogen-bond acceptors (Lipinski definition) is 3. The molecule has 3 nitrogen and oxygen atoms in total. The van der Waals surface area contributed by atoms with Gasteiger partial charge in [0, 0.05) is 11.4 Å². The highest BCUT2D eigenvalue weighted by Crippen LogP contribution is 2.21. The molecular formula is C18H21NO2S. The number of carbonyl (C=O) groups excluding carboxylic acids is 1. The van der Waals surface area contributed by atoms with Gasteiger partial charge in [0.1, 0.15) is 5.75 Å². The highest BCUT2D eigenvalue weighted by molar-refractivity contribution is 7.97. The first-order valence-corrected chi connectivity index (χ1v) is 8.64. The summed E-state index contributed by atoms with van der Waals surface area (Å²) in [5.74, 6) is 1.42.